The Morgan fingerprint density at radius 1 is 1.27 bits per heavy atom. The van der Waals surface area contributed by atoms with Crippen molar-refractivity contribution in [2.24, 2.45) is 5.92 Å². The number of H-pyrrole nitrogens is 1. The number of aromatic nitrogens is 1. The summed E-state index contributed by atoms with van der Waals surface area (Å²) >= 11 is 0. The maximum atomic E-state index is 3.49. The summed E-state index contributed by atoms with van der Waals surface area (Å²) < 4.78 is 0. The highest BCUT2D eigenvalue weighted by Gasteiger charge is 2.20. The predicted octanol–water partition coefficient (Wildman–Crippen LogP) is 2.67. The highest BCUT2D eigenvalue weighted by atomic mass is 14.9. The van der Waals surface area contributed by atoms with E-state index >= 15 is 0 Å². The van der Waals surface area contributed by atoms with E-state index in [2.05, 4.69) is 40.6 Å². The second-order valence-electron chi connectivity index (χ2n) is 4.46. The van der Waals surface area contributed by atoms with Gasteiger partial charge in [-0.15, -0.1) is 0 Å². The second kappa shape index (κ2) is 3.70. The Morgan fingerprint density at radius 3 is 2.93 bits per heavy atom. The zero-order valence-electron chi connectivity index (χ0n) is 8.79. The molecule has 0 saturated heterocycles. The fourth-order valence-corrected chi connectivity index (χ4v) is 1.96. The number of hydrogen-bond donors (Lipinski definition) is 2. The van der Waals surface area contributed by atoms with Crippen molar-refractivity contribution in [3.8, 4) is 0 Å². The maximum Gasteiger partial charge on any atom is 0.0456 e. The molecule has 1 saturated carbocycles. The van der Waals surface area contributed by atoms with Crippen molar-refractivity contribution in [2.75, 3.05) is 6.54 Å². The first-order valence-electron chi connectivity index (χ1n) is 5.69. The highest BCUT2D eigenvalue weighted by Crippen LogP contribution is 2.27. The minimum atomic E-state index is 0.953. The molecule has 0 bridgehead atoms. The van der Waals surface area contributed by atoms with E-state index in [4.69, 9.17) is 0 Å². The van der Waals surface area contributed by atoms with Crippen LogP contribution in [0.1, 0.15) is 18.5 Å². The normalized spacial score (nSPS) is 16.0. The van der Waals surface area contributed by atoms with Crippen LogP contribution in [0.3, 0.4) is 0 Å². The fourth-order valence-electron chi connectivity index (χ4n) is 1.96. The summed E-state index contributed by atoms with van der Waals surface area (Å²) in [6.07, 6.45) is 2.83. The van der Waals surface area contributed by atoms with Gasteiger partial charge in [-0.05, 0) is 42.8 Å². The van der Waals surface area contributed by atoms with E-state index in [0.717, 1.165) is 12.5 Å². The number of rotatable bonds is 4. The van der Waals surface area contributed by atoms with E-state index in [0.29, 0.717) is 0 Å². The molecule has 2 nitrogen and oxygen atoms in total. The molecule has 2 aromatic rings. The molecule has 0 aliphatic heterocycles. The van der Waals surface area contributed by atoms with Crippen molar-refractivity contribution in [1.29, 1.82) is 0 Å². The zero-order chi connectivity index (χ0) is 10.1. The first kappa shape index (κ1) is 8.98. The molecule has 78 valence electrons. The lowest BCUT2D eigenvalue weighted by Crippen LogP contribution is -2.16. The number of aromatic amines is 1. The van der Waals surface area contributed by atoms with Crippen molar-refractivity contribution in [2.45, 2.75) is 19.4 Å². The molecule has 1 aliphatic rings. The minimum Gasteiger partial charge on any atom is -0.357 e. The molecule has 0 unspecified atom stereocenters. The third-order valence-corrected chi connectivity index (χ3v) is 3.03. The van der Waals surface area contributed by atoms with Crippen molar-refractivity contribution in [3.63, 3.8) is 0 Å². The molecular formula is C13H16N2. The van der Waals surface area contributed by atoms with Gasteiger partial charge in [-0.3, -0.25) is 0 Å². The fraction of sp³-hybridized carbons (Fsp3) is 0.385. The Morgan fingerprint density at radius 2 is 2.13 bits per heavy atom. The van der Waals surface area contributed by atoms with E-state index in [9.17, 15) is 0 Å². The number of nitrogens with one attached hydrogen (secondary N) is 2. The lowest BCUT2D eigenvalue weighted by atomic mass is 10.2. The van der Waals surface area contributed by atoms with Crippen LogP contribution < -0.4 is 5.32 Å². The number of hydrogen-bond acceptors (Lipinski definition) is 1. The quantitative estimate of drug-likeness (QED) is 0.780. The molecule has 1 fully saturated rings. The summed E-state index contributed by atoms with van der Waals surface area (Å²) in [5.74, 6) is 0.953. The summed E-state index contributed by atoms with van der Waals surface area (Å²) in [7, 11) is 0. The van der Waals surface area contributed by atoms with E-state index in [1.165, 1.54) is 36.0 Å². The number of benzene rings is 1. The van der Waals surface area contributed by atoms with Crippen LogP contribution in [0.25, 0.3) is 10.9 Å². The molecule has 0 radical (unpaired) electrons. The summed E-state index contributed by atoms with van der Waals surface area (Å²) in [6, 6.07) is 10.7. The molecule has 2 heteroatoms. The average molecular weight is 200 g/mol. The van der Waals surface area contributed by atoms with Crippen LogP contribution in [0.15, 0.2) is 30.3 Å². The van der Waals surface area contributed by atoms with Gasteiger partial charge in [0.25, 0.3) is 0 Å². The van der Waals surface area contributed by atoms with Gasteiger partial charge < -0.3 is 10.3 Å². The van der Waals surface area contributed by atoms with Gasteiger partial charge in [0.15, 0.2) is 0 Å². The summed E-state index contributed by atoms with van der Waals surface area (Å²) in [6.45, 7) is 2.14. The monoisotopic (exact) mass is 200 g/mol. The Balaban J connectivity index is 1.68. The number of fused-ring (bicyclic) bond motifs is 1. The second-order valence-corrected chi connectivity index (χ2v) is 4.46. The van der Waals surface area contributed by atoms with Gasteiger partial charge in [-0.2, -0.15) is 0 Å². The van der Waals surface area contributed by atoms with Crippen molar-refractivity contribution in [3.05, 3.63) is 36.0 Å². The van der Waals surface area contributed by atoms with Crippen LogP contribution in [-0.4, -0.2) is 11.5 Å². The Labute approximate surface area is 89.7 Å². The predicted molar refractivity (Wildman–Crippen MR) is 62.7 cm³/mol. The van der Waals surface area contributed by atoms with Gasteiger partial charge in [0.1, 0.15) is 0 Å². The van der Waals surface area contributed by atoms with Gasteiger partial charge >= 0.3 is 0 Å². The van der Waals surface area contributed by atoms with Gasteiger partial charge in [0.2, 0.25) is 0 Å². The standard InChI is InChI=1S/C13H16N2/c1-2-4-13-11(3-1)7-12(15-13)9-14-8-10-5-6-10/h1-4,7,10,14-15H,5-6,8-9H2. The summed E-state index contributed by atoms with van der Waals surface area (Å²) in [5.41, 5.74) is 2.53. The minimum absolute atomic E-state index is 0.953. The van der Waals surface area contributed by atoms with Gasteiger partial charge in [0.05, 0.1) is 0 Å². The van der Waals surface area contributed by atoms with Crippen molar-refractivity contribution in [1.82, 2.24) is 10.3 Å². The number of para-hydroxylation sites is 1. The summed E-state index contributed by atoms with van der Waals surface area (Å²) in [5, 5.41) is 4.80. The average Bonchev–Trinajstić information content (AvgIpc) is 2.97. The van der Waals surface area contributed by atoms with Gasteiger partial charge in [-0.25, -0.2) is 0 Å². The van der Waals surface area contributed by atoms with Crippen LogP contribution in [-0.2, 0) is 6.54 Å². The molecule has 0 atom stereocenters. The SMILES string of the molecule is c1ccc2[nH]c(CNCC3CC3)cc2c1. The van der Waals surface area contributed by atoms with Crippen LogP contribution in [0.4, 0.5) is 0 Å². The Bertz CT molecular complexity index is 421. The van der Waals surface area contributed by atoms with E-state index in [-0.39, 0.29) is 0 Å². The smallest absolute Gasteiger partial charge is 0.0456 e. The van der Waals surface area contributed by atoms with E-state index < -0.39 is 0 Å². The van der Waals surface area contributed by atoms with Crippen LogP contribution in [0, 0.1) is 5.92 Å². The molecule has 0 amide bonds. The Hall–Kier alpha value is -1.28. The van der Waals surface area contributed by atoms with Gasteiger partial charge in [-0.1, -0.05) is 18.2 Å². The summed E-state index contributed by atoms with van der Waals surface area (Å²) in [4.78, 5) is 3.43. The molecule has 0 spiro atoms. The molecule has 1 aromatic carbocycles. The molecule has 1 aliphatic carbocycles. The van der Waals surface area contributed by atoms with Gasteiger partial charge in [0, 0.05) is 17.8 Å². The third-order valence-electron chi connectivity index (χ3n) is 3.03. The topological polar surface area (TPSA) is 27.8 Å². The molecule has 1 aromatic heterocycles. The first-order chi connectivity index (χ1) is 7.42. The van der Waals surface area contributed by atoms with E-state index in [1.807, 2.05) is 0 Å². The molecule has 3 rings (SSSR count). The molecular weight excluding hydrogens is 184 g/mol. The van der Waals surface area contributed by atoms with Crippen LogP contribution in [0.2, 0.25) is 0 Å². The lowest BCUT2D eigenvalue weighted by molar-refractivity contribution is 0.632. The Kier molecular flexibility index (Phi) is 2.22. The molecule has 15 heavy (non-hydrogen) atoms. The first-order valence-corrected chi connectivity index (χ1v) is 5.69. The van der Waals surface area contributed by atoms with Crippen molar-refractivity contribution < 1.29 is 0 Å². The lowest BCUT2D eigenvalue weighted by Gasteiger charge is -2.00. The molecule has 1 heterocycles. The zero-order valence-corrected chi connectivity index (χ0v) is 8.79. The highest BCUT2D eigenvalue weighted by molar-refractivity contribution is 5.80. The third kappa shape index (κ3) is 2.05. The van der Waals surface area contributed by atoms with E-state index in [1.54, 1.807) is 0 Å². The largest absolute Gasteiger partial charge is 0.357 e. The maximum absolute atomic E-state index is 3.49. The molecule has 2 N–H and O–H groups in total. The van der Waals surface area contributed by atoms with Crippen LogP contribution in [0.5, 0.6) is 0 Å². The van der Waals surface area contributed by atoms with Crippen LogP contribution >= 0.6 is 0 Å². The van der Waals surface area contributed by atoms with Crippen molar-refractivity contribution >= 4 is 10.9 Å².